The Morgan fingerprint density at radius 1 is 0.585 bits per heavy atom. The zero-order valence-electron chi connectivity index (χ0n) is 26.4. The number of rotatable bonds is 24. The minimum absolute atomic E-state index is 0. The van der Waals surface area contributed by atoms with Crippen molar-refractivity contribution in [3.63, 3.8) is 0 Å². The first-order valence-electron chi connectivity index (χ1n) is 16.1. The fraction of sp³-hybridized carbons (Fsp3) is 0.735. The Balaban J connectivity index is 0. The SMILES string of the molecule is CCCCCCCCCCCCCCCCCC(=O)O.CCCCc1ccc(C(=O)[O-])c(C(=O)[O-])c1CCCC.[Zn+2]. The molecule has 230 valence electrons. The summed E-state index contributed by atoms with van der Waals surface area (Å²) in [4.78, 5) is 32.7. The Hall–Kier alpha value is -1.75. The number of aryl methyl sites for hydroxylation is 1. The van der Waals surface area contributed by atoms with Crippen LogP contribution in [0.5, 0.6) is 0 Å². The van der Waals surface area contributed by atoms with E-state index in [9.17, 15) is 24.6 Å². The van der Waals surface area contributed by atoms with Gasteiger partial charge in [0.15, 0.2) is 0 Å². The van der Waals surface area contributed by atoms with Gasteiger partial charge >= 0.3 is 25.4 Å². The molecule has 1 rings (SSSR count). The maximum absolute atomic E-state index is 11.3. The molecule has 0 saturated heterocycles. The zero-order valence-corrected chi connectivity index (χ0v) is 29.4. The molecule has 1 aromatic carbocycles. The second kappa shape index (κ2) is 28.4. The zero-order chi connectivity index (χ0) is 30.0. The van der Waals surface area contributed by atoms with Gasteiger partial charge in [-0.25, -0.2) is 0 Å². The summed E-state index contributed by atoms with van der Waals surface area (Å²) < 4.78 is 0. The molecule has 0 heterocycles. The Morgan fingerprint density at radius 3 is 1.39 bits per heavy atom. The van der Waals surface area contributed by atoms with Gasteiger partial charge in [0.1, 0.15) is 0 Å². The van der Waals surface area contributed by atoms with Crippen LogP contribution in [0, 0.1) is 0 Å². The first kappa shape index (κ1) is 41.4. The van der Waals surface area contributed by atoms with E-state index in [1.807, 2.05) is 6.92 Å². The van der Waals surface area contributed by atoms with E-state index < -0.39 is 17.9 Å². The van der Waals surface area contributed by atoms with E-state index >= 15 is 0 Å². The van der Waals surface area contributed by atoms with Crippen molar-refractivity contribution in [3.8, 4) is 0 Å². The molecule has 0 bridgehead atoms. The molecule has 0 amide bonds. The van der Waals surface area contributed by atoms with Crippen LogP contribution in [0.3, 0.4) is 0 Å². The van der Waals surface area contributed by atoms with Crippen molar-refractivity contribution >= 4 is 17.9 Å². The van der Waals surface area contributed by atoms with Crippen LogP contribution in [-0.2, 0) is 37.1 Å². The molecule has 0 unspecified atom stereocenters. The van der Waals surface area contributed by atoms with Gasteiger partial charge in [-0.2, -0.15) is 0 Å². The molecule has 0 atom stereocenters. The monoisotopic (exact) mass is 624 g/mol. The van der Waals surface area contributed by atoms with Crippen LogP contribution in [0.15, 0.2) is 12.1 Å². The van der Waals surface area contributed by atoms with E-state index in [0.29, 0.717) is 18.4 Å². The van der Waals surface area contributed by atoms with E-state index in [1.54, 1.807) is 6.07 Å². The quantitative estimate of drug-likeness (QED) is 0.0943. The van der Waals surface area contributed by atoms with Crippen molar-refractivity contribution in [2.45, 2.75) is 162 Å². The van der Waals surface area contributed by atoms with E-state index in [0.717, 1.165) is 50.5 Å². The van der Waals surface area contributed by atoms with Gasteiger partial charge in [-0.05, 0) is 43.2 Å². The summed E-state index contributed by atoms with van der Waals surface area (Å²) in [6, 6.07) is 3.03. The molecule has 0 fully saturated rings. The summed E-state index contributed by atoms with van der Waals surface area (Å²) >= 11 is 0. The predicted octanol–water partition coefficient (Wildman–Crippen LogP) is 7.43. The molecule has 0 aliphatic rings. The number of aromatic carboxylic acids is 2. The standard InChI is InChI=1S/C18H36O2.C16H22O4.Zn/c1-2-3-4-5-6-7-8-9-10-11-12-13-14-15-16-17-18(19)20;1-3-5-7-11-9-10-13(15(17)18)14(16(19)20)12(11)8-6-4-2;/h2-17H2,1H3,(H,19,20);9-10H,3-8H2,1-2H3,(H,17,18)(H,19,20);/q;;+2/p-2. The number of carboxylic acid groups (broad SMARTS) is 3. The minimum atomic E-state index is -1.47. The molecule has 0 spiro atoms. The van der Waals surface area contributed by atoms with Crippen molar-refractivity contribution in [2.75, 3.05) is 0 Å². The Morgan fingerprint density at radius 2 is 1.00 bits per heavy atom. The normalized spacial score (nSPS) is 10.4. The van der Waals surface area contributed by atoms with Crippen molar-refractivity contribution < 1.29 is 49.2 Å². The van der Waals surface area contributed by atoms with Crippen LogP contribution < -0.4 is 10.2 Å². The molecule has 0 saturated carbocycles. The molecule has 6 nitrogen and oxygen atoms in total. The van der Waals surface area contributed by atoms with Crippen molar-refractivity contribution in [2.24, 2.45) is 0 Å². The average molecular weight is 626 g/mol. The summed E-state index contributed by atoms with van der Waals surface area (Å²) in [6.45, 7) is 6.33. The summed E-state index contributed by atoms with van der Waals surface area (Å²) in [5, 5.41) is 30.9. The van der Waals surface area contributed by atoms with Gasteiger partial charge in [-0.3, -0.25) is 4.79 Å². The van der Waals surface area contributed by atoms with Gasteiger partial charge in [-0.15, -0.1) is 0 Å². The second-order valence-electron chi connectivity index (χ2n) is 11.0. The van der Waals surface area contributed by atoms with Gasteiger partial charge in [0.05, 0.1) is 11.9 Å². The van der Waals surface area contributed by atoms with Crippen molar-refractivity contribution in [3.05, 3.63) is 34.4 Å². The molecule has 0 aliphatic heterocycles. The molecule has 0 radical (unpaired) electrons. The van der Waals surface area contributed by atoms with Gasteiger partial charge in [-0.1, -0.05) is 136 Å². The number of carboxylic acids is 3. The van der Waals surface area contributed by atoms with E-state index in [2.05, 4.69) is 13.8 Å². The first-order chi connectivity index (χ1) is 19.3. The number of hydrogen-bond acceptors (Lipinski definition) is 5. The average Bonchev–Trinajstić information content (AvgIpc) is 2.92. The van der Waals surface area contributed by atoms with E-state index in [-0.39, 0.29) is 30.6 Å². The molecule has 1 N–H and O–H groups in total. The molecule has 7 heteroatoms. The van der Waals surface area contributed by atoms with Crippen molar-refractivity contribution in [1.82, 2.24) is 0 Å². The number of benzene rings is 1. The fourth-order valence-electron chi connectivity index (χ4n) is 4.98. The first-order valence-corrected chi connectivity index (χ1v) is 16.1. The number of unbranched alkanes of at least 4 members (excludes halogenated alkanes) is 16. The van der Waals surface area contributed by atoms with Crippen LogP contribution in [0.1, 0.15) is 181 Å². The summed E-state index contributed by atoms with van der Waals surface area (Å²) in [7, 11) is 0. The Bertz CT molecular complexity index is 824. The summed E-state index contributed by atoms with van der Waals surface area (Å²) in [6.07, 6.45) is 25.2. The smallest absolute Gasteiger partial charge is 0.545 e. The summed E-state index contributed by atoms with van der Waals surface area (Å²) in [5.74, 6) is -3.56. The molecule has 41 heavy (non-hydrogen) atoms. The molecule has 1 aromatic rings. The molecular weight excluding hydrogens is 570 g/mol. The van der Waals surface area contributed by atoms with Gasteiger partial charge in [0.25, 0.3) is 0 Å². The topological polar surface area (TPSA) is 118 Å². The Kier molecular flexibility index (Phi) is 28.6. The maximum atomic E-state index is 11.3. The Labute approximate surface area is 262 Å². The van der Waals surface area contributed by atoms with Crippen LogP contribution in [0.25, 0.3) is 0 Å². The van der Waals surface area contributed by atoms with Gasteiger partial charge in [0, 0.05) is 17.5 Å². The minimum Gasteiger partial charge on any atom is -0.545 e. The van der Waals surface area contributed by atoms with E-state index in [4.69, 9.17) is 5.11 Å². The van der Waals surface area contributed by atoms with Crippen LogP contribution in [-0.4, -0.2) is 23.0 Å². The number of aliphatic carboxylic acids is 1. The largest absolute Gasteiger partial charge is 2.00 e. The number of carbonyl (C=O) groups excluding carboxylic acids is 2. The molecular formula is C34H56O6Zn. The third kappa shape index (κ3) is 21.6. The third-order valence-corrected chi connectivity index (χ3v) is 7.41. The maximum Gasteiger partial charge on any atom is 2.00 e. The van der Waals surface area contributed by atoms with Crippen LogP contribution in [0.4, 0.5) is 0 Å². The molecule has 0 aliphatic carbocycles. The van der Waals surface area contributed by atoms with Crippen LogP contribution >= 0.6 is 0 Å². The predicted molar refractivity (Wildman–Crippen MR) is 160 cm³/mol. The number of carbonyl (C=O) groups is 3. The summed E-state index contributed by atoms with van der Waals surface area (Å²) in [5.41, 5.74) is 1.02. The third-order valence-electron chi connectivity index (χ3n) is 7.41. The molecule has 0 aromatic heterocycles. The van der Waals surface area contributed by atoms with Crippen LogP contribution in [0.2, 0.25) is 0 Å². The van der Waals surface area contributed by atoms with Gasteiger partial charge < -0.3 is 24.9 Å². The van der Waals surface area contributed by atoms with Gasteiger partial charge in [0.2, 0.25) is 0 Å². The van der Waals surface area contributed by atoms with E-state index in [1.165, 1.54) is 89.5 Å². The second-order valence-corrected chi connectivity index (χ2v) is 11.0. The number of hydrogen-bond donors (Lipinski definition) is 1. The van der Waals surface area contributed by atoms with Crippen molar-refractivity contribution in [1.29, 1.82) is 0 Å². The fourth-order valence-corrected chi connectivity index (χ4v) is 4.98.